The van der Waals surface area contributed by atoms with Gasteiger partial charge in [0.05, 0.1) is 18.8 Å². The molecule has 0 atom stereocenters. The van der Waals surface area contributed by atoms with Crippen LogP contribution in [0.1, 0.15) is 114 Å². The lowest BCUT2D eigenvalue weighted by molar-refractivity contribution is 0.0734. The number of unbranched alkanes of at least 4 members (excludes halogenated alkanes) is 5. The molecule has 0 amide bonds. The van der Waals surface area contributed by atoms with E-state index in [1.165, 1.54) is 70.6 Å². The first-order chi connectivity index (χ1) is 18.2. The fourth-order valence-electron chi connectivity index (χ4n) is 5.20. The molecule has 0 saturated heterocycles. The van der Waals surface area contributed by atoms with Crippen molar-refractivity contribution in [1.82, 2.24) is 0 Å². The van der Waals surface area contributed by atoms with Crippen LogP contribution in [0.3, 0.4) is 0 Å². The summed E-state index contributed by atoms with van der Waals surface area (Å²) in [4.78, 5) is 12.4. The van der Waals surface area contributed by atoms with Gasteiger partial charge >= 0.3 is 5.97 Å². The van der Waals surface area contributed by atoms with Crippen molar-refractivity contribution in [1.29, 1.82) is 0 Å². The second-order valence-corrected chi connectivity index (χ2v) is 10.7. The highest BCUT2D eigenvalue weighted by Gasteiger charge is 2.20. The molecule has 0 aliphatic heterocycles. The van der Waals surface area contributed by atoms with Crippen molar-refractivity contribution in [2.45, 2.75) is 104 Å². The second-order valence-electron chi connectivity index (χ2n) is 10.7. The molecule has 204 valence electrons. The minimum Gasteiger partial charge on any atom is -0.494 e. The quantitative estimate of drug-likeness (QED) is 0.121. The van der Waals surface area contributed by atoms with E-state index in [2.05, 4.69) is 13.8 Å². The molecule has 2 aromatic rings. The Kier molecular flexibility index (Phi) is 13.4. The average Bonchev–Trinajstić information content (AvgIpc) is 2.93. The summed E-state index contributed by atoms with van der Waals surface area (Å²) in [5.41, 5.74) is 0.504. The lowest BCUT2D eigenvalue weighted by atomic mass is 9.78. The van der Waals surface area contributed by atoms with Crippen molar-refractivity contribution in [3.8, 4) is 17.2 Å². The largest absolute Gasteiger partial charge is 0.494 e. The highest BCUT2D eigenvalue weighted by atomic mass is 16.5. The first-order valence-electron chi connectivity index (χ1n) is 14.9. The third kappa shape index (κ3) is 11.2. The van der Waals surface area contributed by atoms with E-state index in [0.29, 0.717) is 17.9 Å². The Balaban J connectivity index is 1.28. The molecule has 0 unspecified atom stereocenters. The van der Waals surface area contributed by atoms with Crippen molar-refractivity contribution >= 4 is 5.97 Å². The molecule has 0 N–H and O–H groups in total. The average molecular weight is 509 g/mol. The fourth-order valence-corrected chi connectivity index (χ4v) is 5.20. The molecule has 0 aromatic heterocycles. The van der Waals surface area contributed by atoms with Crippen LogP contribution in [0.5, 0.6) is 17.2 Å². The van der Waals surface area contributed by atoms with Gasteiger partial charge in [-0.25, -0.2) is 4.79 Å². The van der Waals surface area contributed by atoms with Gasteiger partial charge in [-0.2, -0.15) is 0 Å². The number of ether oxygens (including phenoxy) is 3. The van der Waals surface area contributed by atoms with Gasteiger partial charge in [0, 0.05) is 0 Å². The molecule has 4 heteroatoms. The molecule has 1 aliphatic carbocycles. The van der Waals surface area contributed by atoms with Crippen molar-refractivity contribution in [3.63, 3.8) is 0 Å². The molecule has 0 heterocycles. The van der Waals surface area contributed by atoms with Crippen LogP contribution < -0.4 is 14.2 Å². The standard InChI is InChI=1S/C33H48O4/c1-3-5-7-8-9-11-27-13-15-28(16-14-27)12-10-26-36-31-21-23-32(24-22-31)37-33(34)29-17-19-30(20-18-29)35-25-6-4-2/h17-24,27-28H,3-16,25-26H2,1-2H3/t27-,28-. The number of esters is 1. The Morgan fingerprint density at radius 2 is 1.11 bits per heavy atom. The Morgan fingerprint density at radius 1 is 0.622 bits per heavy atom. The SMILES string of the molecule is CCCCCCC[C@H]1CC[C@H](CCCOc2ccc(OC(=O)c3ccc(OCCCC)cc3)cc2)CC1. The van der Waals surface area contributed by atoms with Crippen LogP contribution in [0, 0.1) is 11.8 Å². The first-order valence-corrected chi connectivity index (χ1v) is 14.9. The van der Waals surface area contributed by atoms with Gasteiger partial charge in [0.15, 0.2) is 0 Å². The number of benzene rings is 2. The van der Waals surface area contributed by atoms with E-state index in [0.717, 1.165) is 49.2 Å². The minimum atomic E-state index is -0.375. The monoisotopic (exact) mass is 508 g/mol. The molecule has 0 spiro atoms. The zero-order valence-corrected chi connectivity index (χ0v) is 23.2. The van der Waals surface area contributed by atoms with Crippen LogP contribution >= 0.6 is 0 Å². The van der Waals surface area contributed by atoms with E-state index in [9.17, 15) is 4.79 Å². The van der Waals surface area contributed by atoms with Crippen molar-refractivity contribution < 1.29 is 19.0 Å². The molecular formula is C33H48O4. The Bertz CT molecular complexity index is 866. The van der Waals surface area contributed by atoms with Crippen molar-refractivity contribution in [3.05, 3.63) is 54.1 Å². The summed E-state index contributed by atoms with van der Waals surface area (Å²) in [7, 11) is 0. The highest BCUT2D eigenvalue weighted by molar-refractivity contribution is 5.91. The summed E-state index contributed by atoms with van der Waals surface area (Å²) in [6, 6.07) is 14.4. The third-order valence-corrected chi connectivity index (χ3v) is 7.60. The molecule has 1 saturated carbocycles. The topological polar surface area (TPSA) is 44.8 Å². The number of hydrogen-bond acceptors (Lipinski definition) is 4. The molecule has 1 fully saturated rings. The fraction of sp³-hybridized carbons (Fsp3) is 0.606. The summed E-state index contributed by atoms with van der Waals surface area (Å²) in [5, 5.41) is 0. The van der Waals surface area contributed by atoms with Crippen LogP contribution in [0.2, 0.25) is 0 Å². The first kappa shape index (κ1) is 29.1. The second kappa shape index (κ2) is 17.1. The van der Waals surface area contributed by atoms with Gasteiger partial charge < -0.3 is 14.2 Å². The minimum absolute atomic E-state index is 0.375. The molecule has 2 aromatic carbocycles. The molecule has 37 heavy (non-hydrogen) atoms. The third-order valence-electron chi connectivity index (χ3n) is 7.60. The summed E-state index contributed by atoms with van der Waals surface area (Å²) in [6.45, 7) is 5.84. The Hall–Kier alpha value is -2.49. The molecular weight excluding hydrogens is 460 g/mol. The normalized spacial score (nSPS) is 17.4. The lowest BCUT2D eigenvalue weighted by Crippen LogP contribution is -2.15. The van der Waals surface area contributed by atoms with Gasteiger partial charge in [-0.3, -0.25) is 0 Å². The summed E-state index contributed by atoms with van der Waals surface area (Å²) >= 11 is 0. The zero-order chi connectivity index (χ0) is 26.1. The highest BCUT2D eigenvalue weighted by Crippen LogP contribution is 2.34. The lowest BCUT2D eigenvalue weighted by Gasteiger charge is -2.28. The van der Waals surface area contributed by atoms with Crippen molar-refractivity contribution in [2.75, 3.05) is 13.2 Å². The number of carbonyl (C=O) groups excluding carboxylic acids is 1. The van der Waals surface area contributed by atoms with Crippen LogP contribution in [-0.4, -0.2) is 19.2 Å². The maximum atomic E-state index is 12.4. The van der Waals surface area contributed by atoms with E-state index >= 15 is 0 Å². The van der Waals surface area contributed by atoms with Gasteiger partial charge in [-0.15, -0.1) is 0 Å². The van der Waals surface area contributed by atoms with Crippen LogP contribution in [-0.2, 0) is 0 Å². The van der Waals surface area contributed by atoms with Gasteiger partial charge in [-0.05, 0) is 79.6 Å². The molecule has 4 nitrogen and oxygen atoms in total. The molecule has 1 aliphatic rings. The predicted octanol–water partition coefficient (Wildman–Crippen LogP) is 9.41. The van der Waals surface area contributed by atoms with Gasteiger partial charge in [0.2, 0.25) is 0 Å². The maximum Gasteiger partial charge on any atom is 0.343 e. The Morgan fingerprint density at radius 3 is 1.70 bits per heavy atom. The maximum absolute atomic E-state index is 12.4. The van der Waals surface area contributed by atoms with E-state index < -0.39 is 0 Å². The van der Waals surface area contributed by atoms with E-state index in [1.807, 2.05) is 24.3 Å². The zero-order valence-electron chi connectivity index (χ0n) is 23.2. The van der Waals surface area contributed by atoms with Gasteiger partial charge in [0.25, 0.3) is 0 Å². The summed E-state index contributed by atoms with van der Waals surface area (Å²) in [5.74, 6) is 3.58. The van der Waals surface area contributed by atoms with E-state index in [1.54, 1.807) is 24.3 Å². The number of rotatable bonds is 17. The van der Waals surface area contributed by atoms with E-state index in [4.69, 9.17) is 14.2 Å². The van der Waals surface area contributed by atoms with Gasteiger partial charge in [-0.1, -0.05) is 84.5 Å². The molecule has 0 bridgehead atoms. The van der Waals surface area contributed by atoms with Crippen LogP contribution in [0.25, 0.3) is 0 Å². The molecule has 0 radical (unpaired) electrons. The summed E-state index contributed by atoms with van der Waals surface area (Å²) < 4.78 is 17.1. The van der Waals surface area contributed by atoms with Crippen LogP contribution in [0.4, 0.5) is 0 Å². The van der Waals surface area contributed by atoms with Gasteiger partial charge in [0.1, 0.15) is 17.2 Å². The molecule has 3 rings (SSSR count). The summed E-state index contributed by atoms with van der Waals surface area (Å²) in [6.07, 6.45) is 18.6. The number of carbonyl (C=O) groups is 1. The van der Waals surface area contributed by atoms with Crippen molar-refractivity contribution in [2.24, 2.45) is 11.8 Å². The van der Waals surface area contributed by atoms with E-state index in [-0.39, 0.29) is 5.97 Å². The smallest absolute Gasteiger partial charge is 0.343 e. The Labute approximate surface area is 225 Å². The predicted molar refractivity (Wildman–Crippen MR) is 152 cm³/mol. The number of hydrogen-bond donors (Lipinski definition) is 0. The van der Waals surface area contributed by atoms with Crippen LogP contribution in [0.15, 0.2) is 48.5 Å².